The molecule has 3 aromatic rings. The largest absolute Gasteiger partial charge is 0.375 e. The normalized spacial score (nSPS) is 10.9. The van der Waals surface area contributed by atoms with Gasteiger partial charge in [0.25, 0.3) is 5.91 Å². The summed E-state index contributed by atoms with van der Waals surface area (Å²) in [6.07, 6.45) is 3.31. The van der Waals surface area contributed by atoms with Gasteiger partial charge >= 0.3 is 0 Å². The standard InChI is InChI=1S/C14H15N5OS/c15-14-18-10(9-21-14)3-2-7-16-13(20)12-5-1-4-11-6-8-17-19(11)12/h1,4-6,8-9H,2-3,7H2,(H2,15,18)(H,16,20). The lowest BCUT2D eigenvalue weighted by atomic mass is 10.2. The third kappa shape index (κ3) is 3.03. The zero-order chi connectivity index (χ0) is 14.7. The number of aromatic nitrogens is 3. The Morgan fingerprint density at radius 1 is 1.38 bits per heavy atom. The smallest absolute Gasteiger partial charge is 0.269 e. The van der Waals surface area contributed by atoms with Gasteiger partial charge in [-0.3, -0.25) is 4.79 Å². The lowest BCUT2D eigenvalue weighted by Gasteiger charge is -2.06. The van der Waals surface area contributed by atoms with Crippen LogP contribution in [0.3, 0.4) is 0 Å². The Morgan fingerprint density at radius 2 is 2.29 bits per heavy atom. The minimum atomic E-state index is -0.123. The highest BCUT2D eigenvalue weighted by molar-refractivity contribution is 7.13. The Kier molecular flexibility index (Phi) is 3.83. The van der Waals surface area contributed by atoms with Crippen LogP contribution in [0.1, 0.15) is 22.6 Å². The molecule has 7 heteroatoms. The van der Waals surface area contributed by atoms with Gasteiger partial charge in [0, 0.05) is 11.9 Å². The fourth-order valence-corrected chi connectivity index (χ4v) is 2.72. The lowest BCUT2D eigenvalue weighted by molar-refractivity contribution is 0.0946. The van der Waals surface area contributed by atoms with Gasteiger partial charge in [-0.1, -0.05) is 6.07 Å². The zero-order valence-corrected chi connectivity index (χ0v) is 12.1. The molecule has 0 spiro atoms. The molecule has 3 N–H and O–H groups in total. The molecule has 6 nitrogen and oxygen atoms in total. The van der Waals surface area contributed by atoms with Crippen molar-refractivity contribution < 1.29 is 4.79 Å². The number of nitrogen functional groups attached to an aromatic ring is 1. The lowest BCUT2D eigenvalue weighted by Crippen LogP contribution is -2.26. The molecule has 0 aliphatic rings. The van der Waals surface area contributed by atoms with E-state index < -0.39 is 0 Å². The van der Waals surface area contributed by atoms with Gasteiger partial charge in [-0.05, 0) is 31.0 Å². The molecule has 0 aromatic carbocycles. The number of hydrogen-bond acceptors (Lipinski definition) is 5. The van der Waals surface area contributed by atoms with Crippen LogP contribution in [0.5, 0.6) is 0 Å². The van der Waals surface area contributed by atoms with Crippen LogP contribution in [0.4, 0.5) is 5.13 Å². The summed E-state index contributed by atoms with van der Waals surface area (Å²) in [6, 6.07) is 7.39. The monoisotopic (exact) mass is 301 g/mol. The summed E-state index contributed by atoms with van der Waals surface area (Å²) in [5, 5.41) is 9.58. The van der Waals surface area contributed by atoms with Crippen LogP contribution >= 0.6 is 11.3 Å². The van der Waals surface area contributed by atoms with Crippen LogP contribution in [-0.2, 0) is 6.42 Å². The maximum atomic E-state index is 12.2. The summed E-state index contributed by atoms with van der Waals surface area (Å²) in [7, 11) is 0. The highest BCUT2D eigenvalue weighted by Gasteiger charge is 2.09. The van der Waals surface area contributed by atoms with E-state index in [1.165, 1.54) is 11.3 Å². The molecule has 0 atom stereocenters. The molecular formula is C14H15N5OS. The van der Waals surface area contributed by atoms with E-state index in [-0.39, 0.29) is 5.91 Å². The summed E-state index contributed by atoms with van der Waals surface area (Å²) in [5.41, 5.74) is 7.99. The minimum Gasteiger partial charge on any atom is -0.375 e. The molecule has 0 saturated carbocycles. The second-order valence-electron chi connectivity index (χ2n) is 4.62. The predicted molar refractivity (Wildman–Crippen MR) is 82.4 cm³/mol. The summed E-state index contributed by atoms with van der Waals surface area (Å²) in [5.74, 6) is -0.123. The van der Waals surface area contributed by atoms with Gasteiger partial charge in [-0.15, -0.1) is 11.3 Å². The number of carbonyl (C=O) groups is 1. The van der Waals surface area contributed by atoms with Gasteiger partial charge < -0.3 is 11.1 Å². The summed E-state index contributed by atoms with van der Waals surface area (Å²) in [4.78, 5) is 16.4. The number of nitrogens with zero attached hydrogens (tertiary/aromatic N) is 3. The van der Waals surface area contributed by atoms with Gasteiger partial charge in [-0.2, -0.15) is 5.10 Å². The van der Waals surface area contributed by atoms with Gasteiger partial charge in [-0.25, -0.2) is 9.50 Å². The Balaban J connectivity index is 1.56. The Morgan fingerprint density at radius 3 is 3.10 bits per heavy atom. The molecule has 0 aliphatic carbocycles. The molecule has 1 amide bonds. The molecule has 0 saturated heterocycles. The van der Waals surface area contributed by atoms with E-state index in [2.05, 4.69) is 15.4 Å². The number of thiazole rings is 1. The molecule has 0 fully saturated rings. The first kappa shape index (κ1) is 13.6. The Labute approximate surface area is 125 Å². The van der Waals surface area contributed by atoms with Crippen molar-refractivity contribution >= 4 is 27.9 Å². The quantitative estimate of drug-likeness (QED) is 0.703. The molecule has 0 radical (unpaired) electrons. The third-order valence-electron chi connectivity index (χ3n) is 3.12. The predicted octanol–water partition coefficient (Wildman–Crippen LogP) is 1.74. The molecular weight excluding hydrogens is 286 g/mol. The summed E-state index contributed by atoms with van der Waals surface area (Å²) >= 11 is 1.44. The Bertz CT molecular complexity index is 763. The van der Waals surface area contributed by atoms with Crippen molar-refractivity contribution in [2.24, 2.45) is 0 Å². The first-order valence-electron chi connectivity index (χ1n) is 6.65. The zero-order valence-electron chi connectivity index (χ0n) is 11.3. The van der Waals surface area contributed by atoms with E-state index >= 15 is 0 Å². The van der Waals surface area contributed by atoms with Gasteiger partial charge in [0.1, 0.15) is 5.69 Å². The van der Waals surface area contributed by atoms with Gasteiger partial charge in [0.15, 0.2) is 5.13 Å². The van der Waals surface area contributed by atoms with Crippen molar-refractivity contribution in [1.29, 1.82) is 0 Å². The number of aryl methyl sites for hydroxylation is 1. The molecule has 0 bridgehead atoms. The molecule has 0 unspecified atom stereocenters. The molecule has 108 valence electrons. The third-order valence-corrected chi connectivity index (χ3v) is 3.84. The number of rotatable bonds is 5. The van der Waals surface area contributed by atoms with Crippen molar-refractivity contribution in [2.75, 3.05) is 12.3 Å². The van der Waals surface area contributed by atoms with Crippen molar-refractivity contribution in [2.45, 2.75) is 12.8 Å². The fourth-order valence-electron chi connectivity index (χ4n) is 2.12. The average molecular weight is 301 g/mol. The van der Waals surface area contributed by atoms with Crippen LogP contribution in [0.2, 0.25) is 0 Å². The average Bonchev–Trinajstić information content (AvgIpc) is 3.11. The fraction of sp³-hybridized carbons (Fsp3) is 0.214. The molecule has 21 heavy (non-hydrogen) atoms. The van der Waals surface area contributed by atoms with Crippen molar-refractivity contribution in [3.05, 3.63) is 47.2 Å². The highest BCUT2D eigenvalue weighted by Crippen LogP contribution is 2.12. The van der Waals surface area contributed by atoms with E-state index in [0.29, 0.717) is 17.4 Å². The Hall–Kier alpha value is -2.41. The maximum absolute atomic E-state index is 12.2. The molecule has 3 heterocycles. The number of carbonyl (C=O) groups excluding carboxylic acids is 1. The highest BCUT2D eigenvalue weighted by atomic mass is 32.1. The minimum absolute atomic E-state index is 0.123. The number of pyridine rings is 1. The van der Waals surface area contributed by atoms with Crippen LogP contribution < -0.4 is 11.1 Å². The van der Waals surface area contributed by atoms with Crippen LogP contribution in [0, 0.1) is 0 Å². The van der Waals surface area contributed by atoms with E-state index in [9.17, 15) is 4.79 Å². The summed E-state index contributed by atoms with van der Waals surface area (Å²) < 4.78 is 1.64. The first-order chi connectivity index (χ1) is 10.2. The number of amides is 1. The van der Waals surface area contributed by atoms with Gasteiger partial charge in [0.2, 0.25) is 0 Å². The van der Waals surface area contributed by atoms with E-state index in [1.807, 2.05) is 23.6 Å². The van der Waals surface area contributed by atoms with E-state index in [0.717, 1.165) is 24.1 Å². The van der Waals surface area contributed by atoms with Crippen molar-refractivity contribution in [3.8, 4) is 0 Å². The van der Waals surface area contributed by atoms with Crippen LogP contribution in [-0.4, -0.2) is 27.0 Å². The molecule has 3 rings (SSSR count). The number of nitrogens with two attached hydrogens (primary N) is 1. The number of nitrogens with one attached hydrogen (secondary N) is 1. The maximum Gasteiger partial charge on any atom is 0.269 e. The molecule has 3 aromatic heterocycles. The second kappa shape index (κ2) is 5.92. The SMILES string of the molecule is Nc1nc(CCCNC(=O)c2cccc3ccnn23)cs1. The van der Waals surface area contributed by atoms with Crippen LogP contribution in [0.25, 0.3) is 5.52 Å². The van der Waals surface area contributed by atoms with Crippen molar-refractivity contribution in [1.82, 2.24) is 19.9 Å². The summed E-state index contributed by atoms with van der Waals surface area (Å²) in [6.45, 7) is 0.591. The number of hydrogen-bond donors (Lipinski definition) is 2. The number of fused-ring (bicyclic) bond motifs is 1. The van der Waals surface area contributed by atoms with Gasteiger partial charge in [0.05, 0.1) is 17.4 Å². The van der Waals surface area contributed by atoms with Crippen molar-refractivity contribution in [3.63, 3.8) is 0 Å². The van der Waals surface area contributed by atoms with E-state index in [4.69, 9.17) is 5.73 Å². The molecule has 0 aliphatic heterocycles. The second-order valence-corrected chi connectivity index (χ2v) is 5.51. The topological polar surface area (TPSA) is 85.3 Å². The van der Waals surface area contributed by atoms with Crippen LogP contribution in [0.15, 0.2) is 35.8 Å². The number of anilines is 1. The first-order valence-corrected chi connectivity index (χ1v) is 7.53. The van der Waals surface area contributed by atoms with E-state index in [1.54, 1.807) is 16.8 Å².